The summed E-state index contributed by atoms with van der Waals surface area (Å²) in [5.74, 6) is -0.952. The number of piperidine rings is 1. The van der Waals surface area contributed by atoms with Gasteiger partial charge in [0, 0.05) is 41.6 Å². The SMILES string of the molecule is Cc1ccc(C)n1-c1ccc(C(=O)Nc2ccccc2C(=O)N2CCC(C(N)=O)CC2)cc1. The number of hydrogen-bond acceptors (Lipinski definition) is 3. The second kappa shape index (κ2) is 9.32. The molecule has 7 nitrogen and oxygen atoms in total. The van der Waals surface area contributed by atoms with Gasteiger partial charge in [-0.3, -0.25) is 14.4 Å². The average Bonchev–Trinajstić information content (AvgIpc) is 3.17. The second-order valence-electron chi connectivity index (χ2n) is 8.47. The molecule has 3 N–H and O–H groups in total. The number of primary amides is 1. The van der Waals surface area contributed by atoms with Gasteiger partial charge >= 0.3 is 0 Å². The predicted octanol–water partition coefficient (Wildman–Crippen LogP) is 3.68. The quantitative estimate of drug-likeness (QED) is 0.628. The van der Waals surface area contributed by atoms with E-state index in [2.05, 4.69) is 22.0 Å². The predicted molar refractivity (Wildman–Crippen MR) is 127 cm³/mol. The largest absolute Gasteiger partial charge is 0.369 e. The number of rotatable bonds is 5. The van der Waals surface area contributed by atoms with Crippen molar-refractivity contribution < 1.29 is 14.4 Å². The molecule has 4 rings (SSSR count). The van der Waals surface area contributed by atoms with Crippen LogP contribution in [0.4, 0.5) is 5.69 Å². The van der Waals surface area contributed by atoms with Crippen molar-refractivity contribution in [1.82, 2.24) is 9.47 Å². The maximum Gasteiger partial charge on any atom is 0.255 e. The highest BCUT2D eigenvalue weighted by molar-refractivity contribution is 6.09. The van der Waals surface area contributed by atoms with E-state index in [1.807, 2.05) is 26.0 Å². The zero-order valence-electron chi connectivity index (χ0n) is 18.9. The smallest absolute Gasteiger partial charge is 0.255 e. The van der Waals surface area contributed by atoms with Crippen molar-refractivity contribution >= 4 is 23.4 Å². The summed E-state index contributed by atoms with van der Waals surface area (Å²) in [6, 6.07) is 18.5. The lowest BCUT2D eigenvalue weighted by atomic mass is 9.95. The van der Waals surface area contributed by atoms with Crippen LogP contribution in [0.15, 0.2) is 60.7 Å². The Labute approximate surface area is 193 Å². The van der Waals surface area contributed by atoms with Crippen molar-refractivity contribution in [3.63, 3.8) is 0 Å². The third-order valence-corrected chi connectivity index (χ3v) is 6.25. The van der Waals surface area contributed by atoms with E-state index in [0.717, 1.165) is 17.1 Å². The van der Waals surface area contributed by atoms with Crippen LogP contribution in [0.3, 0.4) is 0 Å². The molecule has 0 spiro atoms. The summed E-state index contributed by atoms with van der Waals surface area (Å²) in [6.45, 7) is 5.01. The molecule has 0 atom stereocenters. The fraction of sp³-hybridized carbons (Fsp3) is 0.269. The van der Waals surface area contributed by atoms with E-state index in [0.29, 0.717) is 42.7 Å². The van der Waals surface area contributed by atoms with Crippen LogP contribution in [0.25, 0.3) is 5.69 Å². The molecule has 1 fully saturated rings. The van der Waals surface area contributed by atoms with Gasteiger partial charge in [0.2, 0.25) is 5.91 Å². The van der Waals surface area contributed by atoms with Crippen molar-refractivity contribution in [2.75, 3.05) is 18.4 Å². The topological polar surface area (TPSA) is 97.4 Å². The molecule has 0 radical (unpaired) electrons. The Bertz CT molecular complexity index is 1170. The number of aromatic nitrogens is 1. The normalized spacial score (nSPS) is 14.2. The van der Waals surface area contributed by atoms with E-state index < -0.39 is 0 Å². The number of likely N-dealkylation sites (tertiary alicyclic amines) is 1. The zero-order chi connectivity index (χ0) is 23.5. The Hall–Kier alpha value is -3.87. The first-order chi connectivity index (χ1) is 15.8. The summed E-state index contributed by atoms with van der Waals surface area (Å²) in [5, 5.41) is 2.88. The van der Waals surface area contributed by atoms with Crippen LogP contribution in [-0.4, -0.2) is 40.3 Å². The molecule has 3 aromatic rings. The van der Waals surface area contributed by atoms with Crippen LogP contribution in [0.5, 0.6) is 0 Å². The van der Waals surface area contributed by atoms with Gasteiger partial charge in [0.05, 0.1) is 11.3 Å². The van der Waals surface area contributed by atoms with Gasteiger partial charge in [-0.1, -0.05) is 12.1 Å². The highest BCUT2D eigenvalue weighted by Gasteiger charge is 2.27. The van der Waals surface area contributed by atoms with Crippen molar-refractivity contribution in [2.45, 2.75) is 26.7 Å². The van der Waals surface area contributed by atoms with E-state index >= 15 is 0 Å². The Morgan fingerprint density at radius 3 is 2.09 bits per heavy atom. The number of anilines is 1. The molecule has 170 valence electrons. The lowest BCUT2D eigenvalue weighted by molar-refractivity contribution is -0.123. The molecule has 3 amide bonds. The molecule has 1 aromatic heterocycles. The number of amides is 3. The molecule has 1 aliphatic heterocycles. The fourth-order valence-electron chi connectivity index (χ4n) is 4.35. The molecule has 0 saturated carbocycles. The van der Waals surface area contributed by atoms with Crippen LogP contribution in [-0.2, 0) is 4.79 Å². The number of carbonyl (C=O) groups is 3. The Morgan fingerprint density at radius 1 is 0.879 bits per heavy atom. The van der Waals surface area contributed by atoms with Crippen LogP contribution >= 0.6 is 0 Å². The minimum atomic E-state index is -0.317. The lowest BCUT2D eigenvalue weighted by Gasteiger charge is -2.31. The number of para-hydroxylation sites is 1. The van der Waals surface area contributed by atoms with E-state index in [1.54, 1.807) is 41.3 Å². The van der Waals surface area contributed by atoms with E-state index in [9.17, 15) is 14.4 Å². The second-order valence-corrected chi connectivity index (χ2v) is 8.47. The minimum Gasteiger partial charge on any atom is -0.369 e. The van der Waals surface area contributed by atoms with Gasteiger partial charge in [0.25, 0.3) is 11.8 Å². The summed E-state index contributed by atoms with van der Waals surface area (Å²) < 4.78 is 2.12. The number of aryl methyl sites for hydroxylation is 2. The van der Waals surface area contributed by atoms with Gasteiger partial charge in [-0.05, 0) is 75.2 Å². The molecule has 1 aliphatic rings. The first kappa shape index (κ1) is 22.3. The highest BCUT2D eigenvalue weighted by atomic mass is 16.2. The van der Waals surface area contributed by atoms with Crippen molar-refractivity contribution in [3.8, 4) is 5.69 Å². The molecular formula is C26H28N4O3. The summed E-state index contributed by atoms with van der Waals surface area (Å²) in [7, 11) is 0. The summed E-state index contributed by atoms with van der Waals surface area (Å²) in [6.07, 6.45) is 1.12. The summed E-state index contributed by atoms with van der Waals surface area (Å²) >= 11 is 0. The molecule has 7 heteroatoms. The third-order valence-electron chi connectivity index (χ3n) is 6.25. The van der Waals surface area contributed by atoms with Gasteiger partial charge < -0.3 is 20.5 Å². The summed E-state index contributed by atoms with van der Waals surface area (Å²) in [5.41, 5.74) is 10.0. The minimum absolute atomic E-state index is 0.164. The number of benzene rings is 2. The van der Waals surface area contributed by atoms with Gasteiger partial charge in [-0.15, -0.1) is 0 Å². The van der Waals surface area contributed by atoms with Crippen LogP contribution in [0.2, 0.25) is 0 Å². The van der Waals surface area contributed by atoms with Crippen LogP contribution < -0.4 is 11.1 Å². The number of carbonyl (C=O) groups excluding carboxylic acids is 3. The Kier molecular flexibility index (Phi) is 6.31. The first-order valence-corrected chi connectivity index (χ1v) is 11.1. The number of hydrogen-bond donors (Lipinski definition) is 2. The van der Waals surface area contributed by atoms with E-state index in [-0.39, 0.29) is 23.6 Å². The monoisotopic (exact) mass is 444 g/mol. The van der Waals surface area contributed by atoms with Gasteiger partial charge in [-0.2, -0.15) is 0 Å². The van der Waals surface area contributed by atoms with Crippen LogP contribution in [0.1, 0.15) is 44.9 Å². The molecule has 33 heavy (non-hydrogen) atoms. The molecule has 0 bridgehead atoms. The number of nitrogens with one attached hydrogen (secondary N) is 1. The summed E-state index contributed by atoms with van der Waals surface area (Å²) in [4.78, 5) is 39.1. The molecule has 0 aliphatic carbocycles. The number of nitrogens with zero attached hydrogens (tertiary/aromatic N) is 2. The van der Waals surface area contributed by atoms with E-state index in [4.69, 9.17) is 5.73 Å². The average molecular weight is 445 g/mol. The number of nitrogens with two attached hydrogens (primary N) is 1. The maximum atomic E-state index is 13.1. The molecule has 1 saturated heterocycles. The van der Waals surface area contributed by atoms with Gasteiger partial charge in [0.15, 0.2) is 0 Å². The molecule has 2 aromatic carbocycles. The van der Waals surface area contributed by atoms with Crippen molar-refractivity contribution in [1.29, 1.82) is 0 Å². The van der Waals surface area contributed by atoms with Crippen molar-refractivity contribution in [3.05, 3.63) is 83.2 Å². The Balaban J connectivity index is 1.48. The molecule has 2 heterocycles. The third kappa shape index (κ3) is 4.67. The lowest BCUT2D eigenvalue weighted by Crippen LogP contribution is -2.42. The van der Waals surface area contributed by atoms with Crippen molar-refractivity contribution in [2.24, 2.45) is 11.7 Å². The van der Waals surface area contributed by atoms with E-state index in [1.165, 1.54) is 0 Å². The fourth-order valence-corrected chi connectivity index (χ4v) is 4.35. The molecule has 0 unspecified atom stereocenters. The first-order valence-electron chi connectivity index (χ1n) is 11.1. The maximum absolute atomic E-state index is 13.1. The molecular weight excluding hydrogens is 416 g/mol. The standard InChI is InChI=1S/C26H28N4O3/c1-17-7-8-18(2)30(17)21-11-9-20(10-12-21)25(32)28-23-6-4-3-5-22(23)26(33)29-15-13-19(14-16-29)24(27)31/h3-12,19H,13-16H2,1-2H3,(H2,27,31)(H,28,32). The highest BCUT2D eigenvalue weighted by Crippen LogP contribution is 2.23. The van der Waals surface area contributed by atoms with Crippen LogP contribution in [0, 0.1) is 19.8 Å². The van der Waals surface area contributed by atoms with Gasteiger partial charge in [-0.25, -0.2) is 0 Å². The van der Waals surface area contributed by atoms with Gasteiger partial charge in [0.1, 0.15) is 0 Å². The Morgan fingerprint density at radius 2 is 1.48 bits per heavy atom. The zero-order valence-corrected chi connectivity index (χ0v) is 18.9.